The summed E-state index contributed by atoms with van der Waals surface area (Å²) in [5.74, 6) is 1.06. The number of anilines is 1. The Kier molecular flexibility index (Phi) is 4.05. The fourth-order valence-electron chi connectivity index (χ4n) is 3.00. The summed E-state index contributed by atoms with van der Waals surface area (Å²) in [5, 5.41) is 5.11. The van der Waals surface area contributed by atoms with Crippen molar-refractivity contribution in [3.8, 4) is 17.2 Å². The number of carbonyl (C=O) groups excluding carboxylic acids is 1. The van der Waals surface area contributed by atoms with E-state index >= 15 is 0 Å². The van der Waals surface area contributed by atoms with Crippen molar-refractivity contribution in [2.75, 3.05) is 19.1 Å². The predicted molar refractivity (Wildman–Crippen MR) is 98.6 cm³/mol. The third-order valence-electron chi connectivity index (χ3n) is 4.34. The number of aromatic nitrogens is 2. The van der Waals surface area contributed by atoms with Crippen molar-refractivity contribution in [2.24, 2.45) is 0 Å². The average molecular weight is 370 g/mol. The highest BCUT2D eigenvalue weighted by Crippen LogP contribution is 2.35. The largest absolute Gasteiger partial charge is 0.493 e. The van der Waals surface area contributed by atoms with E-state index in [1.165, 1.54) is 0 Å². The standard InChI is InChI=1S/C19H16ClN3O3/c1-25-16-8-7-15(9-17(16)26-2)22-10-12-11-23(21-18(12)19(22)24)14-5-3-13(20)4-6-14/h3-9,11H,10H2,1-2H3. The fraction of sp³-hybridized carbons (Fsp3) is 0.158. The molecule has 2 aromatic carbocycles. The third kappa shape index (κ3) is 2.68. The number of methoxy groups -OCH3 is 2. The van der Waals surface area contributed by atoms with E-state index in [9.17, 15) is 4.79 Å². The molecule has 0 spiro atoms. The Morgan fingerprint density at radius 1 is 1.00 bits per heavy atom. The first-order valence-corrected chi connectivity index (χ1v) is 8.37. The number of rotatable bonds is 4. The maximum Gasteiger partial charge on any atom is 0.279 e. The molecule has 0 radical (unpaired) electrons. The highest BCUT2D eigenvalue weighted by atomic mass is 35.5. The number of halogens is 1. The van der Waals surface area contributed by atoms with E-state index in [-0.39, 0.29) is 5.91 Å². The van der Waals surface area contributed by atoms with Crippen LogP contribution < -0.4 is 14.4 Å². The molecule has 7 heteroatoms. The molecule has 1 amide bonds. The lowest BCUT2D eigenvalue weighted by Crippen LogP contribution is -2.24. The molecular weight excluding hydrogens is 354 g/mol. The van der Waals surface area contributed by atoms with Gasteiger partial charge in [-0.3, -0.25) is 4.79 Å². The van der Waals surface area contributed by atoms with Gasteiger partial charge in [0.1, 0.15) is 0 Å². The molecule has 0 N–H and O–H groups in total. The van der Waals surface area contributed by atoms with Gasteiger partial charge in [-0.15, -0.1) is 0 Å². The smallest absolute Gasteiger partial charge is 0.279 e. The van der Waals surface area contributed by atoms with E-state index in [4.69, 9.17) is 21.1 Å². The van der Waals surface area contributed by atoms with Crippen LogP contribution in [-0.2, 0) is 6.54 Å². The highest BCUT2D eigenvalue weighted by molar-refractivity contribution is 6.30. The van der Waals surface area contributed by atoms with Gasteiger partial charge in [-0.05, 0) is 36.4 Å². The Morgan fingerprint density at radius 3 is 2.35 bits per heavy atom. The van der Waals surface area contributed by atoms with Crippen LogP contribution in [-0.4, -0.2) is 29.9 Å². The number of hydrogen-bond acceptors (Lipinski definition) is 4. The van der Waals surface area contributed by atoms with Gasteiger partial charge in [-0.25, -0.2) is 4.68 Å². The highest BCUT2D eigenvalue weighted by Gasteiger charge is 2.32. The lowest BCUT2D eigenvalue weighted by molar-refractivity contribution is 0.0991. The molecule has 0 atom stereocenters. The van der Waals surface area contributed by atoms with Crippen LogP contribution in [0.15, 0.2) is 48.7 Å². The summed E-state index contributed by atoms with van der Waals surface area (Å²) in [6.07, 6.45) is 1.87. The second-order valence-electron chi connectivity index (χ2n) is 5.85. The fourth-order valence-corrected chi connectivity index (χ4v) is 3.13. The van der Waals surface area contributed by atoms with Gasteiger partial charge in [0.2, 0.25) is 0 Å². The Morgan fingerprint density at radius 2 is 1.69 bits per heavy atom. The molecule has 0 fully saturated rings. The van der Waals surface area contributed by atoms with Crippen LogP contribution in [0.5, 0.6) is 11.5 Å². The second kappa shape index (κ2) is 6.38. The summed E-state index contributed by atoms with van der Waals surface area (Å²) < 4.78 is 12.3. The zero-order valence-corrected chi connectivity index (χ0v) is 15.0. The van der Waals surface area contributed by atoms with E-state index in [2.05, 4.69) is 5.10 Å². The summed E-state index contributed by atoms with van der Waals surface area (Å²) in [6, 6.07) is 12.7. The molecule has 0 aliphatic carbocycles. The number of amides is 1. The minimum absolute atomic E-state index is 0.139. The molecule has 0 saturated carbocycles. The Labute approximate surface area is 155 Å². The number of hydrogen-bond donors (Lipinski definition) is 0. The Balaban J connectivity index is 1.63. The zero-order valence-electron chi connectivity index (χ0n) is 14.3. The molecule has 26 heavy (non-hydrogen) atoms. The minimum Gasteiger partial charge on any atom is -0.493 e. The Bertz CT molecular complexity index is 982. The van der Waals surface area contributed by atoms with Crippen LogP contribution in [0.4, 0.5) is 5.69 Å². The van der Waals surface area contributed by atoms with Crippen LogP contribution in [0.2, 0.25) is 5.02 Å². The molecule has 0 bridgehead atoms. The van der Waals surface area contributed by atoms with E-state index in [1.807, 2.05) is 24.4 Å². The van der Waals surface area contributed by atoms with E-state index in [0.717, 1.165) is 16.9 Å². The topological polar surface area (TPSA) is 56.6 Å². The molecule has 0 saturated heterocycles. The molecule has 3 aromatic rings. The maximum absolute atomic E-state index is 12.8. The number of ether oxygens (including phenoxy) is 2. The van der Waals surface area contributed by atoms with Crippen LogP contribution in [0, 0.1) is 0 Å². The molecular formula is C19H16ClN3O3. The molecule has 1 aliphatic heterocycles. The SMILES string of the molecule is COc1ccc(N2Cc3cn(-c4ccc(Cl)cc4)nc3C2=O)cc1OC. The molecule has 1 aromatic heterocycles. The van der Waals surface area contributed by atoms with Crippen molar-refractivity contribution >= 4 is 23.2 Å². The number of benzene rings is 2. The van der Waals surface area contributed by atoms with Crippen LogP contribution in [0.1, 0.15) is 16.1 Å². The van der Waals surface area contributed by atoms with Crippen molar-refractivity contribution in [3.63, 3.8) is 0 Å². The van der Waals surface area contributed by atoms with Crippen molar-refractivity contribution in [1.82, 2.24) is 9.78 Å². The molecule has 1 aliphatic rings. The van der Waals surface area contributed by atoms with E-state index in [1.54, 1.807) is 48.1 Å². The van der Waals surface area contributed by atoms with Gasteiger partial charge in [0.05, 0.1) is 26.5 Å². The van der Waals surface area contributed by atoms with Crippen molar-refractivity contribution in [3.05, 3.63) is 64.9 Å². The van der Waals surface area contributed by atoms with Gasteiger partial charge in [0.25, 0.3) is 5.91 Å². The number of nitrogens with zero attached hydrogens (tertiary/aromatic N) is 3. The minimum atomic E-state index is -0.139. The molecule has 0 unspecified atom stereocenters. The molecule has 6 nitrogen and oxygen atoms in total. The first-order chi connectivity index (χ1) is 12.6. The van der Waals surface area contributed by atoms with Crippen molar-refractivity contribution < 1.29 is 14.3 Å². The zero-order chi connectivity index (χ0) is 18.3. The summed E-state index contributed by atoms with van der Waals surface area (Å²) >= 11 is 5.92. The average Bonchev–Trinajstić information content (AvgIpc) is 3.21. The van der Waals surface area contributed by atoms with Gasteiger partial charge in [0, 0.05) is 28.5 Å². The molecule has 4 rings (SSSR count). The summed E-state index contributed by atoms with van der Waals surface area (Å²) in [6.45, 7) is 0.456. The first-order valence-electron chi connectivity index (χ1n) is 7.99. The van der Waals surface area contributed by atoms with Crippen LogP contribution in [0.25, 0.3) is 5.69 Å². The van der Waals surface area contributed by atoms with Crippen molar-refractivity contribution in [1.29, 1.82) is 0 Å². The third-order valence-corrected chi connectivity index (χ3v) is 4.59. The second-order valence-corrected chi connectivity index (χ2v) is 6.29. The number of fused-ring (bicyclic) bond motifs is 1. The lowest BCUT2D eigenvalue weighted by atomic mass is 10.2. The van der Waals surface area contributed by atoms with E-state index < -0.39 is 0 Å². The molecule has 2 heterocycles. The van der Waals surface area contributed by atoms with Gasteiger partial charge in [-0.1, -0.05) is 11.6 Å². The summed E-state index contributed by atoms with van der Waals surface area (Å²) in [5.41, 5.74) is 2.92. The van der Waals surface area contributed by atoms with Gasteiger partial charge in [-0.2, -0.15) is 5.10 Å². The first kappa shape index (κ1) is 16.5. The van der Waals surface area contributed by atoms with Gasteiger partial charge < -0.3 is 14.4 Å². The molecule has 132 valence electrons. The summed E-state index contributed by atoms with van der Waals surface area (Å²) in [7, 11) is 3.15. The quantitative estimate of drug-likeness (QED) is 0.703. The summed E-state index contributed by atoms with van der Waals surface area (Å²) in [4.78, 5) is 14.5. The monoisotopic (exact) mass is 369 g/mol. The normalized spacial score (nSPS) is 13.0. The Hall–Kier alpha value is -2.99. The van der Waals surface area contributed by atoms with Crippen molar-refractivity contribution in [2.45, 2.75) is 6.54 Å². The van der Waals surface area contributed by atoms with Gasteiger partial charge >= 0.3 is 0 Å². The van der Waals surface area contributed by atoms with Crippen LogP contribution >= 0.6 is 11.6 Å². The maximum atomic E-state index is 12.8. The van der Waals surface area contributed by atoms with Crippen LogP contribution in [0.3, 0.4) is 0 Å². The lowest BCUT2D eigenvalue weighted by Gasteiger charge is -2.18. The predicted octanol–water partition coefficient (Wildman–Crippen LogP) is 3.70. The van der Waals surface area contributed by atoms with Gasteiger partial charge in [0.15, 0.2) is 17.2 Å². The number of carbonyl (C=O) groups is 1. The van der Waals surface area contributed by atoms with E-state index in [0.29, 0.717) is 28.8 Å².